The second-order valence-corrected chi connectivity index (χ2v) is 11.2. The molecular formula is C24H33N5O3S. The predicted octanol–water partition coefficient (Wildman–Crippen LogP) is 3.60. The summed E-state index contributed by atoms with van der Waals surface area (Å²) in [6.07, 6.45) is 4.59. The number of likely N-dealkylation sites (tertiary alicyclic amines) is 1. The van der Waals surface area contributed by atoms with Gasteiger partial charge in [0.2, 0.25) is 0 Å². The number of nitrogens with one attached hydrogen (secondary N) is 2. The van der Waals surface area contributed by atoms with E-state index in [1.807, 2.05) is 24.8 Å². The molecule has 2 unspecified atom stereocenters. The molecule has 3 N–H and O–H groups in total. The zero-order valence-corrected chi connectivity index (χ0v) is 20.8. The van der Waals surface area contributed by atoms with Gasteiger partial charge < -0.3 is 20.6 Å². The van der Waals surface area contributed by atoms with E-state index in [1.54, 1.807) is 6.20 Å². The molecule has 178 valence electrons. The van der Waals surface area contributed by atoms with Gasteiger partial charge in [0, 0.05) is 29.9 Å². The van der Waals surface area contributed by atoms with Crippen molar-refractivity contribution in [2.24, 2.45) is 0 Å². The van der Waals surface area contributed by atoms with Crippen LogP contribution in [0, 0.1) is 6.92 Å². The molecule has 1 saturated heterocycles. The largest absolute Gasteiger partial charge is 0.391 e. The average molecular weight is 472 g/mol. The van der Waals surface area contributed by atoms with Crippen LogP contribution in [-0.4, -0.2) is 62.1 Å². The lowest BCUT2D eigenvalue weighted by molar-refractivity contribution is 0.0447. The molecule has 0 spiro atoms. The van der Waals surface area contributed by atoms with E-state index in [0.717, 1.165) is 36.2 Å². The van der Waals surface area contributed by atoms with Gasteiger partial charge in [-0.1, -0.05) is 0 Å². The number of carbonyl (C=O) groups is 2. The summed E-state index contributed by atoms with van der Waals surface area (Å²) in [5.74, 6) is 0.256. The van der Waals surface area contributed by atoms with Crippen molar-refractivity contribution >= 4 is 29.0 Å². The van der Waals surface area contributed by atoms with Crippen molar-refractivity contribution in [3.05, 3.63) is 28.5 Å². The Labute approximate surface area is 198 Å². The van der Waals surface area contributed by atoms with Crippen molar-refractivity contribution in [2.45, 2.75) is 84.0 Å². The number of nitrogens with zero attached hydrogens (tertiary/aromatic N) is 3. The molecule has 2 aromatic heterocycles. The lowest BCUT2D eigenvalue weighted by atomic mass is 9.89. The quantitative estimate of drug-likeness (QED) is 0.615. The van der Waals surface area contributed by atoms with Crippen molar-refractivity contribution in [3.63, 3.8) is 0 Å². The fraction of sp³-hybridized carbons (Fsp3) is 0.583. The van der Waals surface area contributed by atoms with Crippen LogP contribution in [0.4, 0.5) is 5.82 Å². The molecule has 8 nitrogen and oxygen atoms in total. The zero-order valence-electron chi connectivity index (χ0n) is 19.9. The fourth-order valence-electron chi connectivity index (χ4n) is 4.24. The minimum absolute atomic E-state index is 0.129. The standard InChI is InChI=1S/C24H33N5O3S/c1-13-11-18(28-24(3,4)5)25-12-15(13)20-19(23(32)29-10-6-7-14(29)2)27-22(33-20)21(31)26-16-8-9-17(16)30/h11-12,14,16-17,30H,6-10H2,1-5H3,(H,25,28)(H,26,31)/t14-,16?,17?/m0/s1. The number of anilines is 1. The number of thiazole rings is 1. The second kappa shape index (κ2) is 9.02. The Hall–Kier alpha value is -2.52. The van der Waals surface area contributed by atoms with Gasteiger partial charge in [-0.15, -0.1) is 11.3 Å². The minimum atomic E-state index is -0.519. The van der Waals surface area contributed by atoms with E-state index in [4.69, 9.17) is 0 Å². The number of hydrogen-bond acceptors (Lipinski definition) is 7. The van der Waals surface area contributed by atoms with Gasteiger partial charge >= 0.3 is 0 Å². The fourth-order valence-corrected chi connectivity index (χ4v) is 5.28. The van der Waals surface area contributed by atoms with Gasteiger partial charge in [0.15, 0.2) is 5.01 Å². The third-order valence-electron chi connectivity index (χ3n) is 6.25. The SMILES string of the molecule is Cc1cc(NC(C)(C)C)ncc1-c1sc(C(=O)NC2CCC2O)nc1C(=O)N1CCC[C@@H]1C. The number of pyridine rings is 1. The van der Waals surface area contributed by atoms with Crippen molar-refractivity contribution in [3.8, 4) is 10.4 Å². The summed E-state index contributed by atoms with van der Waals surface area (Å²) in [5.41, 5.74) is 1.92. The molecule has 1 saturated carbocycles. The van der Waals surface area contributed by atoms with Crippen molar-refractivity contribution in [1.29, 1.82) is 0 Å². The maximum Gasteiger partial charge on any atom is 0.280 e. The molecule has 4 rings (SSSR count). The number of carbonyl (C=O) groups excluding carboxylic acids is 2. The Morgan fingerprint density at radius 2 is 2.00 bits per heavy atom. The summed E-state index contributed by atoms with van der Waals surface area (Å²) in [6.45, 7) is 10.9. The third kappa shape index (κ3) is 5.04. The van der Waals surface area contributed by atoms with Crippen LogP contribution in [0.5, 0.6) is 0 Å². The van der Waals surface area contributed by atoms with E-state index >= 15 is 0 Å². The topological polar surface area (TPSA) is 107 Å². The summed E-state index contributed by atoms with van der Waals surface area (Å²) in [6, 6.07) is 1.85. The van der Waals surface area contributed by atoms with Crippen molar-refractivity contribution < 1.29 is 14.7 Å². The molecular weight excluding hydrogens is 438 g/mol. The Morgan fingerprint density at radius 3 is 2.55 bits per heavy atom. The van der Waals surface area contributed by atoms with E-state index in [9.17, 15) is 14.7 Å². The smallest absolute Gasteiger partial charge is 0.280 e. The summed E-state index contributed by atoms with van der Waals surface area (Å²) < 4.78 is 0. The van der Waals surface area contributed by atoms with Crippen LogP contribution in [-0.2, 0) is 0 Å². The maximum atomic E-state index is 13.5. The van der Waals surface area contributed by atoms with E-state index in [1.165, 1.54) is 11.3 Å². The summed E-state index contributed by atoms with van der Waals surface area (Å²) in [5, 5.41) is 16.3. The molecule has 1 aliphatic carbocycles. The van der Waals surface area contributed by atoms with Crippen molar-refractivity contribution in [2.75, 3.05) is 11.9 Å². The van der Waals surface area contributed by atoms with E-state index in [2.05, 4.69) is 41.4 Å². The molecule has 0 aromatic carbocycles. The predicted molar refractivity (Wildman–Crippen MR) is 130 cm³/mol. The number of amides is 2. The van der Waals surface area contributed by atoms with E-state index < -0.39 is 6.10 Å². The monoisotopic (exact) mass is 471 g/mol. The van der Waals surface area contributed by atoms with Gasteiger partial charge in [0.05, 0.1) is 17.0 Å². The van der Waals surface area contributed by atoms with Crippen LogP contribution in [0.2, 0.25) is 0 Å². The first-order valence-corrected chi connectivity index (χ1v) is 12.4. The molecule has 2 aliphatic rings. The molecule has 2 amide bonds. The third-order valence-corrected chi connectivity index (χ3v) is 7.34. The number of aliphatic hydroxyl groups is 1. The van der Waals surface area contributed by atoms with Gasteiger partial charge in [-0.3, -0.25) is 9.59 Å². The van der Waals surface area contributed by atoms with Crippen LogP contribution in [0.1, 0.15) is 79.2 Å². The number of rotatable bonds is 5. The Bertz CT molecular complexity index is 1060. The first-order valence-electron chi connectivity index (χ1n) is 11.6. The van der Waals surface area contributed by atoms with Crippen LogP contribution in [0.15, 0.2) is 12.3 Å². The Kier molecular flexibility index (Phi) is 6.46. The lowest BCUT2D eigenvalue weighted by Gasteiger charge is -2.32. The molecule has 2 fully saturated rings. The van der Waals surface area contributed by atoms with Crippen LogP contribution < -0.4 is 10.6 Å². The molecule has 3 atom stereocenters. The first-order chi connectivity index (χ1) is 15.5. The van der Waals surface area contributed by atoms with Gasteiger partial charge in [0.1, 0.15) is 11.5 Å². The molecule has 2 aromatic rings. The number of aromatic nitrogens is 2. The first kappa shape index (κ1) is 23.6. The summed E-state index contributed by atoms with van der Waals surface area (Å²) in [7, 11) is 0. The van der Waals surface area contributed by atoms with Gasteiger partial charge in [-0.05, 0) is 71.9 Å². The Morgan fingerprint density at radius 1 is 1.24 bits per heavy atom. The molecule has 1 aliphatic heterocycles. The summed E-state index contributed by atoms with van der Waals surface area (Å²) >= 11 is 1.21. The number of hydrogen-bond donors (Lipinski definition) is 3. The minimum Gasteiger partial charge on any atom is -0.391 e. The van der Waals surface area contributed by atoms with Crippen LogP contribution >= 0.6 is 11.3 Å². The van der Waals surface area contributed by atoms with Gasteiger partial charge in [-0.25, -0.2) is 9.97 Å². The van der Waals surface area contributed by atoms with Gasteiger partial charge in [0.25, 0.3) is 11.8 Å². The molecule has 3 heterocycles. The highest BCUT2D eigenvalue weighted by molar-refractivity contribution is 7.17. The number of aliphatic hydroxyl groups excluding tert-OH is 1. The summed E-state index contributed by atoms with van der Waals surface area (Å²) in [4.78, 5) is 37.9. The lowest BCUT2D eigenvalue weighted by Crippen LogP contribution is -2.50. The maximum absolute atomic E-state index is 13.5. The normalized spacial score (nSPS) is 22.7. The molecule has 9 heteroatoms. The van der Waals surface area contributed by atoms with Gasteiger partial charge in [-0.2, -0.15) is 0 Å². The zero-order chi connectivity index (χ0) is 23.9. The molecule has 0 radical (unpaired) electrons. The highest BCUT2D eigenvalue weighted by Crippen LogP contribution is 2.35. The average Bonchev–Trinajstić information content (AvgIpc) is 3.36. The Balaban J connectivity index is 1.70. The van der Waals surface area contributed by atoms with E-state index in [0.29, 0.717) is 23.5 Å². The van der Waals surface area contributed by atoms with Crippen molar-refractivity contribution in [1.82, 2.24) is 20.2 Å². The highest BCUT2D eigenvalue weighted by Gasteiger charge is 2.34. The van der Waals surface area contributed by atoms with Crippen LogP contribution in [0.25, 0.3) is 10.4 Å². The van der Waals surface area contributed by atoms with E-state index in [-0.39, 0.29) is 34.4 Å². The highest BCUT2D eigenvalue weighted by atomic mass is 32.1. The van der Waals surface area contributed by atoms with Crippen LogP contribution in [0.3, 0.4) is 0 Å². The molecule has 33 heavy (non-hydrogen) atoms. The molecule has 0 bridgehead atoms. The number of aryl methyl sites for hydroxylation is 1. The second-order valence-electron chi connectivity index (χ2n) is 10.2.